The van der Waals surface area contributed by atoms with Gasteiger partial charge >= 0.3 is 0 Å². The summed E-state index contributed by atoms with van der Waals surface area (Å²) in [5.41, 5.74) is 0. The molecule has 0 aromatic heterocycles. The van der Waals surface area contributed by atoms with Crippen molar-refractivity contribution in [3.05, 3.63) is 36.2 Å². The summed E-state index contributed by atoms with van der Waals surface area (Å²) in [6.07, 6.45) is 7.66. The summed E-state index contributed by atoms with van der Waals surface area (Å²) >= 11 is 0. The molecule has 0 aromatic rings. The zero-order chi connectivity index (χ0) is 6.41. The van der Waals surface area contributed by atoms with E-state index in [0.717, 1.165) is 0 Å². The van der Waals surface area contributed by atoms with Crippen LogP contribution in [0.3, 0.4) is 0 Å². The standard InChI is InChI=1S/C7H11P/c1-3-5-6-7(8)4-2/h3-6H,1,8H2,2H3/b6-5-,7-4+. The van der Waals surface area contributed by atoms with E-state index in [9.17, 15) is 0 Å². The van der Waals surface area contributed by atoms with E-state index in [0.29, 0.717) is 0 Å². The summed E-state index contributed by atoms with van der Waals surface area (Å²) in [5.74, 6) is 0. The van der Waals surface area contributed by atoms with E-state index < -0.39 is 0 Å². The third-order valence-electron chi connectivity index (χ3n) is 0.758. The molecule has 0 aliphatic carbocycles. The molecule has 0 saturated carbocycles. The predicted octanol–water partition coefficient (Wildman–Crippen LogP) is 2.51. The number of rotatable bonds is 2. The van der Waals surface area contributed by atoms with Crippen molar-refractivity contribution in [2.24, 2.45) is 0 Å². The molecule has 0 N–H and O–H groups in total. The second kappa shape index (κ2) is 4.80. The molecule has 0 bridgehead atoms. The molecule has 8 heavy (non-hydrogen) atoms. The highest BCUT2D eigenvalue weighted by atomic mass is 31.0. The van der Waals surface area contributed by atoms with Gasteiger partial charge in [-0.2, -0.15) is 0 Å². The molecule has 1 heteroatoms. The van der Waals surface area contributed by atoms with Crippen LogP contribution < -0.4 is 0 Å². The Labute approximate surface area is 53.2 Å². The second-order valence-corrected chi connectivity index (χ2v) is 2.05. The molecule has 0 spiro atoms. The van der Waals surface area contributed by atoms with Crippen molar-refractivity contribution < 1.29 is 0 Å². The van der Waals surface area contributed by atoms with Crippen molar-refractivity contribution in [3.63, 3.8) is 0 Å². The van der Waals surface area contributed by atoms with Crippen LogP contribution in [0.1, 0.15) is 6.92 Å². The lowest BCUT2D eigenvalue weighted by Gasteiger charge is -1.82. The lowest BCUT2D eigenvalue weighted by molar-refractivity contribution is 1.70. The minimum Gasteiger partial charge on any atom is -0.106 e. The van der Waals surface area contributed by atoms with Gasteiger partial charge < -0.3 is 0 Å². The van der Waals surface area contributed by atoms with Gasteiger partial charge in [-0.25, -0.2) is 0 Å². The van der Waals surface area contributed by atoms with E-state index in [-0.39, 0.29) is 0 Å². The molecule has 1 unspecified atom stereocenters. The van der Waals surface area contributed by atoms with Gasteiger partial charge in [0.05, 0.1) is 0 Å². The number of hydrogen-bond acceptors (Lipinski definition) is 0. The van der Waals surface area contributed by atoms with Crippen molar-refractivity contribution in [1.82, 2.24) is 0 Å². The molecule has 0 fully saturated rings. The van der Waals surface area contributed by atoms with Crippen LogP contribution in [0.15, 0.2) is 36.2 Å². The van der Waals surface area contributed by atoms with Crippen molar-refractivity contribution in [3.8, 4) is 0 Å². The molecule has 0 nitrogen and oxygen atoms in total. The largest absolute Gasteiger partial charge is 0.106 e. The molecule has 44 valence electrons. The highest BCUT2D eigenvalue weighted by Crippen LogP contribution is 2.04. The molecule has 0 aromatic carbocycles. The van der Waals surface area contributed by atoms with Gasteiger partial charge in [-0.3, -0.25) is 0 Å². The van der Waals surface area contributed by atoms with Gasteiger partial charge in [0.2, 0.25) is 0 Å². The maximum Gasteiger partial charge on any atom is -0.0345 e. The van der Waals surface area contributed by atoms with Crippen molar-refractivity contribution in [1.29, 1.82) is 0 Å². The Bertz CT molecular complexity index is 120. The Morgan fingerprint density at radius 2 is 2.25 bits per heavy atom. The summed E-state index contributed by atoms with van der Waals surface area (Å²) in [6, 6.07) is 0. The molecule has 0 amide bonds. The van der Waals surface area contributed by atoms with Gasteiger partial charge in [0, 0.05) is 0 Å². The first-order valence-electron chi connectivity index (χ1n) is 2.52. The van der Waals surface area contributed by atoms with Gasteiger partial charge in [-0.1, -0.05) is 30.9 Å². The lowest BCUT2D eigenvalue weighted by atomic mass is 10.4. The van der Waals surface area contributed by atoms with Gasteiger partial charge in [0.1, 0.15) is 0 Å². The normalized spacial score (nSPS) is 12.5. The van der Waals surface area contributed by atoms with Gasteiger partial charge in [-0.05, 0) is 12.2 Å². The summed E-state index contributed by atoms with van der Waals surface area (Å²) in [6.45, 7) is 5.54. The predicted molar refractivity (Wildman–Crippen MR) is 42.8 cm³/mol. The molecule has 0 aliphatic heterocycles. The SMILES string of the molecule is C=C/C=C\C(P)=C/C. The monoisotopic (exact) mass is 126 g/mol. The minimum absolute atomic E-state index is 1.19. The highest BCUT2D eigenvalue weighted by molar-refractivity contribution is 7.22. The summed E-state index contributed by atoms with van der Waals surface area (Å²) in [7, 11) is 2.61. The Morgan fingerprint density at radius 3 is 2.62 bits per heavy atom. The minimum atomic E-state index is 1.19. The second-order valence-electron chi connectivity index (χ2n) is 1.38. The molecule has 0 heterocycles. The van der Waals surface area contributed by atoms with Crippen LogP contribution >= 0.6 is 9.24 Å². The Hall–Kier alpha value is -0.350. The first kappa shape index (κ1) is 7.65. The maximum atomic E-state index is 3.54. The fraction of sp³-hybridized carbons (Fsp3) is 0.143. The highest BCUT2D eigenvalue weighted by Gasteiger charge is 1.70. The number of hydrogen-bond donors (Lipinski definition) is 0. The van der Waals surface area contributed by atoms with Crippen molar-refractivity contribution in [2.45, 2.75) is 6.92 Å². The summed E-state index contributed by atoms with van der Waals surface area (Å²) in [4.78, 5) is 0. The smallest absolute Gasteiger partial charge is 0.0345 e. The molecule has 0 saturated heterocycles. The van der Waals surface area contributed by atoms with Crippen molar-refractivity contribution in [2.75, 3.05) is 0 Å². The van der Waals surface area contributed by atoms with E-state index in [4.69, 9.17) is 0 Å². The number of allylic oxidation sites excluding steroid dienone is 5. The van der Waals surface area contributed by atoms with E-state index in [1.54, 1.807) is 6.08 Å². The van der Waals surface area contributed by atoms with Crippen LogP contribution in [-0.2, 0) is 0 Å². The fourth-order valence-corrected chi connectivity index (χ4v) is 0.386. The van der Waals surface area contributed by atoms with Crippen LogP contribution in [0.2, 0.25) is 0 Å². The van der Waals surface area contributed by atoms with E-state index >= 15 is 0 Å². The van der Waals surface area contributed by atoms with E-state index in [1.807, 2.05) is 25.2 Å². The molecule has 1 atom stereocenters. The van der Waals surface area contributed by atoms with Crippen LogP contribution in [0.25, 0.3) is 0 Å². The van der Waals surface area contributed by atoms with E-state index in [1.165, 1.54) is 5.31 Å². The summed E-state index contributed by atoms with van der Waals surface area (Å²) < 4.78 is 0. The molecule has 0 radical (unpaired) electrons. The zero-order valence-electron chi connectivity index (χ0n) is 5.09. The Morgan fingerprint density at radius 1 is 1.62 bits per heavy atom. The molecule has 0 rings (SSSR count). The third-order valence-corrected chi connectivity index (χ3v) is 1.28. The quantitative estimate of drug-likeness (QED) is 0.394. The Balaban J connectivity index is 3.69. The average molecular weight is 126 g/mol. The third kappa shape index (κ3) is 3.83. The summed E-state index contributed by atoms with van der Waals surface area (Å²) in [5, 5.41) is 1.19. The first-order valence-corrected chi connectivity index (χ1v) is 3.10. The molecule has 0 aliphatic rings. The van der Waals surface area contributed by atoms with Crippen LogP contribution in [0.4, 0.5) is 0 Å². The average Bonchev–Trinajstić information content (AvgIpc) is 1.83. The maximum absolute atomic E-state index is 3.54. The fourth-order valence-electron chi connectivity index (χ4n) is 0.275. The van der Waals surface area contributed by atoms with Gasteiger partial charge in [0.15, 0.2) is 0 Å². The molecular formula is C7H11P. The van der Waals surface area contributed by atoms with Crippen LogP contribution in [-0.4, -0.2) is 0 Å². The molecular weight excluding hydrogens is 115 g/mol. The zero-order valence-corrected chi connectivity index (χ0v) is 6.25. The lowest BCUT2D eigenvalue weighted by Crippen LogP contribution is -1.55. The van der Waals surface area contributed by atoms with Gasteiger partial charge in [-0.15, -0.1) is 9.24 Å². The Kier molecular flexibility index (Phi) is 4.59. The van der Waals surface area contributed by atoms with Crippen LogP contribution in [0, 0.1) is 0 Å². The van der Waals surface area contributed by atoms with Crippen molar-refractivity contribution >= 4 is 9.24 Å². The van der Waals surface area contributed by atoms with Crippen LogP contribution in [0.5, 0.6) is 0 Å². The first-order chi connectivity index (χ1) is 3.81. The topological polar surface area (TPSA) is 0 Å². The van der Waals surface area contributed by atoms with E-state index in [2.05, 4.69) is 15.8 Å². The van der Waals surface area contributed by atoms with Gasteiger partial charge in [0.25, 0.3) is 0 Å².